The van der Waals surface area contributed by atoms with Crippen molar-refractivity contribution < 1.29 is 23.5 Å². The first-order valence-corrected chi connectivity index (χ1v) is 12.1. The first-order chi connectivity index (χ1) is 17.1. The second-order valence-corrected chi connectivity index (χ2v) is 9.45. The normalized spacial score (nSPS) is 11.4. The van der Waals surface area contributed by atoms with Crippen molar-refractivity contribution in [2.24, 2.45) is 0 Å². The number of thiophene rings is 1. The predicted octanol–water partition coefficient (Wildman–Crippen LogP) is 5.21. The van der Waals surface area contributed by atoms with Gasteiger partial charge in [-0.3, -0.25) is 9.59 Å². The number of benzene rings is 2. The molecule has 2 aromatic carbocycles. The van der Waals surface area contributed by atoms with Crippen LogP contribution in [0.3, 0.4) is 0 Å². The fourth-order valence-corrected chi connectivity index (χ4v) is 4.40. The maximum atomic E-state index is 13.5. The molecule has 0 saturated heterocycles. The zero-order chi connectivity index (χ0) is 26.0. The van der Waals surface area contributed by atoms with Gasteiger partial charge in [0.1, 0.15) is 16.6 Å². The van der Waals surface area contributed by atoms with Crippen molar-refractivity contribution in [2.45, 2.75) is 26.4 Å². The molecular formula is C25H21ClFN3O5S. The number of amides is 1. The Morgan fingerprint density at radius 3 is 2.44 bits per heavy atom. The van der Waals surface area contributed by atoms with E-state index in [-0.39, 0.29) is 33.8 Å². The number of esters is 1. The van der Waals surface area contributed by atoms with E-state index in [1.165, 1.54) is 24.3 Å². The number of nitrogens with zero attached hydrogens (tertiary/aromatic N) is 2. The highest BCUT2D eigenvalue weighted by atomic mass is 35.5. The summed E-state index contributed by atoms with van der Waals surface area (Å²) in [6, 6.07) is 11.6. The van der Waals surface area contributed by atoms with E-state index in [4.69, 9.17) is 21.1 Å². The molecule has 0 unspecified atom stereocenters. The highest BCUT2D eigenvalue weighted by molar-refractivity contribution is 7.16. The van der Waals surface area contributed by atoms with Gasteiger partial charge in [-0.2, -0.15) is 9.78 Å². The van der Waals surface area contributed by atoms with E-state index in [2.05, 4.69) is 10.4 Å². The number of hydrogen-bond donors (Lipinski definition) is 1. The number of aromatic nitrogens is 2. The third-order valence-corrected chi connectivity index (χ3v) is 6.30. The smallest absolute Gasteiger partial charge is 0.359 e. The number of rotatable bonds is 7. The summed E-state index contributed by atoms with van der Waals surface area (Å²) in [6.45, 7) is 4.90. The summed E-state index contributed by atoms with van der Waals surface area (Å²) in [6.07, 6.45) is 0. The standard InChI is InChI=1S/C25H21ClFN3O5S/c1-4-34-23(32)20-18-13-36-21(19(18)22(31)30(29-20)16-9-7-15(27)8-10-16)28-24(33)25(2,3)35-17-11-5-14(26)6-12-17/h5-13H,4H2,1-3H3,(H,28,33). The lowest BCUT2D eigenvalue weighted by Gasteiger charge is -2.25. The van der Waals surface area contributed by atoms with E-state index < -0.39 is 28.9 Å². The monoisotopic (exact) mass is 529 g/mol. The summed E-state index contributed by atoms with van der Waals surface area (Å²) >= 11 is 6.97. The van der Waals surface area contributed by atoms with Crippen molar-refractivity contribution in [3.63, 3.8) is 0 Å². The number of nitrogens with one attached hydrogen (secondary N) is 1. The fourth-order valence-electron chi connectivity index (χ4n) is 3.35. The largest absolute Gasteiger partial charge is 0.478 e. The maximum Gasteiger partial charge on any atom is 0.359 e. The second kappa shape index (κ2) is 10.1. The lowest BCUT2D eigenvalue weighted by Crippen LogP contribution is -2.42. The minimum Gasteiger partial charge on any atom is -0.478 e. The molecule has 0 bridgehead atoms. The molecule has 0 atom stereocenters. The molecule has 186 valence electrons. The van der Waals surface area contributed by atoms with E-state index in [1.807, 2.05) is 0 Å². The fraction of sp³-hybridized carbons (Fsp3) is 0.200. The number of carbonyl (C=O) groups is 2. The van der Waals surface area contributed by atoms with Gasteiger partial charge in [-0.15, -0.1) is 11.3 Å². The lowest BCUT2D eigenvalue weighted by molar-refractivity contribution is -0.128. The van der Waals surface area contributed by atoms with Gasteiger partial charge in [0.2, 0.25) is 0 Å². The Bertz CT molecular complexity index is 1500. The Kier molecular flexibility index (Phi) is 7.09. The van der Waals surface area contributed by atoms with Crippen molar-refractivity contribution in [1.29, 1.82) is 0 Å². The average Bonchev–Trinajstić information content (AvgIpc) is 3.25. The van der Waals surface area contributed by atoms with Crippen molar-refractivity contribution in [1.82, 2.24) is 9.78 Å². The summed E-state index contributed by atoms with van der Waals surface area (Å²) in [5, 5.41) is 9.51. The molecule has 0 saturated carbocycles. The molecule has 0 aliphatic carbocycles. The molecule has 4 rings (SSSR count). The Hall–Kier alpha value is -3.76. The van der Waals surface area contributed by atoms with Gasteiger partial charge in [0.15, 0.2) is 11.3 Å². The van der Waals surface area contributed by atoms with Gasteiger partial charge in [0.05, 0.1) is 17.7 Å². The van der Waals surface area contributed by atoms with Crippen LogP contribution >= 0.6 is 22.9 Å². The molecule has 0 radical (unpaired) electrons. The third kappa shape index (κ3) is 5.09. The number of fused-ring (bicyclic) bond motifs is 1. The van der Waals surface area contributed by atoms with Gasteiger partial charge in [-0.25, -0.2) is 9.18 Å². The minimum atomic E-state index is -1.32. The highest BCUT2D eigenvalue weighted by Crippen LogP contribution is 2.32. The van der Waals surface area contributed by atoms with Crippen LogP contribution in [-0.2, 0) is 9.53 Å². The first-order valence-electron chi connectivity index (χ1n) is 10.8. The Morgan fingerprint density at radius 2 is 1.81 bits per heavy atom. The molecule has 0 spiro atoms. The molecule has 2 heterocycles. The summed E-state index contributed by atoms with van der Waals surface area (Å²) < 4.78 is 25.4. The van der Waals surface area contributed by atoms with Crippen LogP contribution in [0.15, 0.2) is 58.7 Å². The van der Waals surface area contributed by atoms with E-state index >= 15 is 0 Å². The molecule has 1 N–H and O–H groups in total. The van der Waals surface area contributed by atoms with Crippen molar-refractivity contribution in [3.05, 3.63) is 80.8 Å². The molecule has 0 aliphatic rings. The van der Waals surface area contributed by atoms with Crippen LogP contribution in [0.2, 0.25) is 5.02 Å². The van der Waals surface area contributed by atoms with E-state index in [1.54, 1.807) is 50.4 Å². The summed E-state index contributed by atoms with van der Waals surface area (Å²) in [7, 11) is 0. The maximum absolute atomic E-state index is 13.5. The van der Waals surface area contributed by atoms with Crippen molar-refractivity contribution >= 4 is 50.6 Å². The van der Waals surface area contributed by atoms with Gasteiger partial charge < -0.3 is 14.8 Å². The summed E-state index contributed by atoms with van der Waals surface area (Å²) in [4.78, 5) is 39.3. The van der Waals surface area contributed by atoms with Gasteiger partial charge in [-0.05, 0) is 69.3 Å². The quantitative estimate of drug-likeness (QED) is 0.330. The Balaban J connectivity index is 1.77. The van der Waals surface area contributed by atoms with Crippen LogP contribution < -0.4 is 15.6 Å². The lowest BCUT2D eigenvalue weighted by atomic mass is 10.1. The first kappa shape index (κ1) is 25.3. The van der Waals surface area contributed by atoms with Crippen LogP contribution in [-0.4, -0.2) is 33.9 Å². The third-order valence-electron chi connectivity index (χ3n) is 5.15. The van der Waals surface area contributed by atoms with Crippen molar-refractivity contribution in [2.75, 3.05) is 11.9 Å². The predicted molar refractivity (Wildman–Crippen MR) is 136 cm³/mol. The number of halogens is 2. The molecule has 2 aromatic heterocycles. The van der Waals surface area contributed by atoms with Gasteiger partial charge in [-0.1, -0.05) is 11.6 Å². The van der Waals surface area contributed by atoms with Gasteiger partial charge in [0, 0.05) is 15.8 Å². The van der Waals surface area contributed by atoms with Crippen molar-refractivity contribution in [3.8, 4) is 11.4 Å². The molecular weight excluding hydrogens is 509 g/mol. The van der Waals surface area contributed by atoms with E-state index in [9.17, 15) is 18.8 Å². The van der Waals surface area contributed by atoms with Crippen LogP contribution in [0, 0.1) is 5.82 Å². The van der Waals surface area contributed by atoms with E-state index in [0.717, 1.165) is 16.0 Å². The Labute approximate surface area is 214 Å². The number of ether oxygens (including phenoxy) is 2. The zero-order valence-corrected chi connectivity index (χ0v) is 21.1. The number of hydrogen-bond acceptors (Lipinski definition) is 7. The topological polar surface area (TPSA) is 99.5 Å². The van der Waals surface area contributed by atoms with Gasteiger partial charge >= 0.3 is 5.97 Å². The SMILES string of the molecule is CCOC(=O)c1nn(-c2ccc(F)cc2)c(=O)c2c(NC(=O)C(C)(C)Oc3ccc(Cl)cc3)scc12. The van der Waals surface area contributed by atoms with Gasteiger partial charge in [0.25, 0.3) is 11.5 Å². The molecule has 0 fully saturated rings. The molecule has 8 nitrogen and oxygen atoms in total. The number of carbonyl (C=O) groups excluding carboxylic acids is 2. The zero-order valence-electron chi connectivity index (χ0n) is 19.5. The summed E-state index contributed by atoms with van der Waals surface area (Å²) in [5.74, 6) is -1.32. The molecule has 36 heavy (non-hydrogen) atoms. The van der Waals surface area contributed by atoms with Crippen LogP contribution in [0.1, 0.15) is 31.3 Å². The average molecular weight is 530 g/mol. The second-order valence-electron chi connectivity index (χ2n) is 8.14. The Morgan fingerprint density at radius 1 is 1.14 bits per heavy atom. The van der Waals surface area contributed by atoms with E-state index in [0.29, 0.717) is 10.8 Å². The van der Waals surface area contributed by atoms with Crippen LogP contribution in [0.4, 0.5) is 9.39 Å². The summed E-state index contributed by atoms with van der Waals surface area (Å²) in [5.41, 5.74) is -1.79. The molecule has 4 aromatic rings. The number of anilines is 1. The van der Waals surface area contributed by atoms with Crippen LogP contribution in [0.5, 0.6) is 5.75 Å². The molecule has 11 heteroatoms. The van der Waals surface area contributed by atoms with Crippen LogP contribution in [0.25, 0.3) is 16.5 Å². The molecule has 1 amide bonds. The molecule has 0 aliphatic heterocycles. The minimum absolute atomic E-state index is 0.0676. The highest BCUT2D eigenvalue weighted by Gasteiger charge is 2.32.